The normalized spacial score (nSPS) is 11.2. The van der Waals surface area contributed by atoms with Gasteiger partial charge in [-0.15, -0.1) is 0 Å². The lowest BCUT2D eigenvalue weighted by molar-refractivity contribution is -0.385. The molecule has 2 aromatic carbocycles. The van der Waals surface area contributed by atoms with Crippen molar-refractivity contribution < 1.29 is 9.66 Å². The molecule has 3 aromatic rings. The van der Waals surface area contributed by atoms with Crippen LogP contribution < -0.4 is 10.3 Å². The summed E-state index contributed by atoms with van der Waals surface area (Å²) in [5, 5.41) is 15.8. The van der Waals surface area contributed by atoms with E-state index in [0.717, 1.165) is 4.47 Å². The zero-order valence-corrected chi connectivity index (χ0v) is 16.1. The van der Waals surface area contributed by atoms with E-state index < -0.39 is 4.92 Å². The average molecular weight is 431 g/mol. The summed E-state index contributed by atoms with van der Waals surface area (Å²) in [5.74, 6) is 0.560. The number of nitro benzene ring substituents is 1. The van der Waals surface area contributed by atoms with Gasteiger partial charge in [0.2, 0.25) is 5.75 Å². The molecule has 8 nitrogen and oxygen atoms in total. The highest BCUT2D eigenvalue weighted by Crippen LogP contribution is 2.29. The number of nitrogens with zero attached hydrogens (tertiary/aromatic N) is 4. The fourth-order valence-electron chi connectivity index (χ4n) is 2.67. The number of aryl methyl sites for hydroxylation is 1. The second-order valence-corrected chi connectivity index (χ2v) is 6.48. The lowest BCUT2D eigenvalue weighted by Crippen LogP contribution is -2.22. The maximum absolute atomic E-state index is 12.9. The number of ether oxygens (including phenoxy) is 1. The first kappa shape index (κ1) is 18.7. The van der Waals surface area contributed by atoms with E-state index >= 15 is 0 Å². The highest BCUT2D eigenvalue weighted by atomic mass is 79.9. The lowest BCUT2D eigenvalue weighted by Gasteiger charge is -2.08. The van der Waals surface area contributed by atoms with Crippen LogP contribution in [-0.4, -0.2) is 27.9 Å². The molecule has 0 spiro atoms. The number of nitro groups is 1. The van der Waals surface area contributed by atoms with Gasteiger partial charge in [-0.1, -0.05) is 28.9 Å². The van der Waals surface area contributed by atoms with Gasteiger partial charge in [0.15, 0.2) is 0 Å². The number of benzene rings is 2. The minimum atomic E-state index is -0.533. The van der Waals surface area contributed by atoms with Crippen molar-refractivity contribution in [1.29, 1.82) is 0 Å². The van der Waals surface area contributed by atoms with Crippen LogP contribution >= 0.6 is 15.9 Å². The van der Waals surface area contributed by atoms with Gasteiger partial charge >= 0.3 is 5.69 Å². The Balaban J connectivity index is 2.17. The van der Waals surface area contributed by atoms with Gasteiger partial charge < -0.3 is 4.74 Å². The van der Waals surface area contributed by atoms with Gasteiger partial charge in [0.05, 0.1) is 29.2 Å². The standard InChI is InChI=1S/C18H15BrN4O4/c1-3-16-21-14-8-7-12(19)9-13(14)18(24)22(16)20-10-11-5-4-6-15(23(25)26)17(11)27-2/h4-10H,3H2,1-2H3. The molecule has 1 heterocycles. The summed E-state index contributed by atoms with van der Waals surface area (Å²) < 4.78 is 7.12. The molecule has 0 amide bonds. The molecule has 3 rings (SSSR count). The summed E-state index contributed by atoms with van der Waals surface area (Å²) in [4.78, 5) is 28.0. The van der Waals surface area contributed by atoms with Crippen molar-refractivity contribution in [3.63, 3.8) is 0 Å². The largest absolute Gasteiger partial charge is 0.490 e. The number of para-hydroxylation sites is 1. The Morgan fingerprint density at radius 3 is 2.81 bits per heavy atom. The molecule has 0 unspecified atom stereocenters. The van der Waals surface area contributed by atoms with Gasteiger partial charge in [-0.25, -0.2) is 4.98 Å². The van der Waals surface area contributed by atoms with E-state index in [1.807, 2.05) is 13.0 Å². The molecule has 0 atom stereocenters. The zero-order chi connectivity index (χ0) is 19.6. The van der Waals surface area contributed by atoms with Crippen molar-refractivity contribution in [2.24, 2.45) is 5.10 Å². The molecular weight excluding hydrogens is 416 g/mol. The van der Waals surface area contributed by atoms with E-state index in [1.165, 1.54) is 30.1 Å². The van der Waals surface area contributed by atoms with Gasteiger partial charge in [-0.05, 0) is 24.3 Å². The van der Waals surface area contributed by atoms with E-state index in [9.17, 15) is 14.9 Å². The Kier molecular flexibility index (Phi) is 5.31. The number of hydrogen-bond donors (Lipinski definition) is 0. The number of rotatable bonds is 5. The number of fused-ring (bicyclic) bond motifs is 1. The van der Waals surface area contributed by atoms with Gasteiger partial charge in [-0.3, -0.25) is 14.9 Å². The highest BCUT2D eigenvalue weighted by molar-refractivity contribution is 9.10. The second kappa shape index (κ2) is 7.67. The van der Waals surface area contributed by atoms with Crippen LogP contribution in [0.4, 0.5) is 5.69 Å². The first-order chi connectivity index (χ1) is 13.0. The third kappa shape index (κ3) is 3.59. The average Bonchev–Trinajstić information content (AvgIpc) is 2.67. The molecule has 0 saturated heterocycles. The monoisotopic (exact) mass is 430 g/mol. The summed E-state index contributed by atoms with van der Waals surface area (Å²) in [5.41, 5.74) is 0.471. The molecule has 1 aromatic heterocycles. The second-order valence-electron chi connectivity index (χ2n) is 5.56. The van der Waals surface area contributed by atoms with Crippen LogP contribution in [-0.2, 0) is 6.42 Å². The molecule has 9 heteroatoms. The predicted molar refractivity (Wildman–Crippen MR) is 106 cm³/mol. The minimum Gasteiger partial charge on any atom is -0.490 e. The summed E-state index contributed by atoms with van der Waals surface area (Å²) >= 11 is 3.35. The smallest absolute Gasteiger partial charge is 0.311 e. The highest BCUT2D eigenvalue weighted by Gasteiger charge is 2.17. The summed E-state index contributed by atoms with van der Waals surface area (Å²) in [6.07, 6.45) is 1.85. The lowest BCUT2D eigenvalue weighted by atomic mass is 10.2. The van der Waals surface area contributed by atoms with Crippen LogP contribution in [0.15, 0.2) is 50.8 Å². The Bertz CT molecular complexity index is 1120. The van der Waals surface area contributed by atoms with Crippen molar-refractivity contribution in [3.8, 4) is 5.75 Å². The van der Waals surface area contributed by atoms with Crippen molar-refractivity contribution in [1.82, 2.24) is 9.66 Å². The number of methoxy groups -OCH3 is 1. The zero-order valence-electron chi connectivity index (χ0n) is 14.5. The molecule has 0 saturated carbocycles. The Morgan fingerprint density at radius 1 is 1.37 bits per heavy atom. The van der Waals surface area contributed by atoms with Crippen molar-refractivity contribution >= 4 is 38.7 Å². The minimum absolute atomic E-state index is 0.0776. The topological polar surface area (TPSA) is 99.6 Å². The fourth-order valence-corrected chi connectivity index (χ4v) is 3.03. The van der Waals surface area contributed by atoms with Crippen LogP contribution in [0.3, 0.4) is 0 Å². The number of hydrogen-bond acceptors (Lipinski definition) is 6. The SMILES string of the molecule is CCc1nc2ccc(Br)cc2c(=O)n1N=Cc1cccc([N+](=O)[O-])c1OC. The van der Waals surface area contributed by atoms with Gasteiger partial charge in [0, 0.05) is 22.5 Å². The molecule has 138 valence electrons. The molecule has 0 aliphatic rings. The predicted octanol–water partition coefficient (Wildman–Crippen LogP) is 3.52. The first-order valence-electron chi connectivity index (χ1n) is 8.03. The van der Waals surface area contributed by atoms with Gasteiger partial charge in [0.1, 0.15) is 5.82 Å². The van der Waals surface area contributed by atoms with E-state index in [0.29, 0.717) is 28.7 Å². The van der Waals surface area contributed by atoms with E-state index in [2.05, 4.69) is 26.0 Å². The van der Waals surface area contributed by atoms with Crippen LogP contribution in [0.5, 0.6) is 5.75 Å². The van der Waals surface area contributed by atoms with Gasteiger partial charge in [-0.2, -0.15) is 9.78 Å². The summed E-state index contributed by atoms with van der Waals surface area (Å²) in [7, 11) is 1.35. The van der Waals surface area contributed by atoms with Crippen LogP contribution in [0.1, 0.15) is 18.3 Å². The number of aromatic nitrogens is 2. The maximum Gasteiger partial charge on any atom is 0.311 e. The Hall–Kier alpha value is -3.07. The summed E-state index contributed by atoms with van der Waals surface area (Å²) in [6, 6.07) is 9.75. The van der Waals surface area contributed by atoms with Crippen LogP contribution in [0.25, 0.3) is 10.9 Å². The molecule has 0 aliphatic carbocycles. The molecule has 0 fully saturated rings. The maximum atomic E-state index is 12.9. The first-order valence-corrected chi connectivity index (χ1v) is 8.82. The van der Waals surface area contributed by atoms with E-state index in [4.69, 9.17) is 4.74 Å². The van der Waals surface area contributed by atoms with E-state index in [-0.39, 0.29) is 17.0 Å². The van der Waals surface area contributed by atoms with Crippen LogP contribution in [0.2, 0.25) is 0 Å². The third-order valence-electron chi connectivity index (χ3n) is 3.93. The molecule has 0 N–H and O–H groups in total. The molecule has 0 aliphatic heterocycles. The fraction of sp³-hybridized carbons (Fsp3) is 0.167. The Labute approximate surface area is 162 Å². The van der Waals surface area contributed by atoms with Crippen molar-refractivity contribution in [2.45, 2.75) is 13.3 Å². The van der Waals surface area contributed by atoms with Crippen molar-refractivity contribution in [2.75, 3.05) is 7.11 Å². The quantitative estimate of drug-likeness (QED) is 0.350. The van der Waals surface area contributed by atoms with Crippen LogP contribution in [0, 0.1) is 10.1 Å². The molecular formula is C18H15BrN4O4. The Morgan fingerprint density at radius 2 is 2.15 bits per heavy atom. The van der Waals surface area contributed by atoms with E-state index in [1.54, 1.807) is 18.2 Å². The molecule has 0 radical (unpaired) electrons. The third-order valence-corrected chi connectivity index (χ3v) is 4.42. The van der Waals surface area contributed by atoms with Gasteiger partial charge in [0.25, 0.3) is 5.56 Å². The summed E-state index contributed by atoms with van der Waals surface area (Å²) in [6.45, 7) is 1.87. The molecule has 0 bridgehead atoms. The number of halogens is 1. The van der Waals surface area contributed by atoms with Crippen molar-refractivity contribution in [3.05, 3.63) is 72.7 Å². The molecule has 27 heavy (non-hydrogen) atoms.